The topological polar surface area (TPSA) is 85.8 Å². The van der Waals surface area contributed by atoms with Gasteiger partial charge < -0.3 is 11.2 Å². The third-order valence-corrected chi connectivity index (χ3v) is 4.27. The average Bonchev–Trinajstić information content (AvgIpc) is 2.82. The molecule has 0 aliphatic rings. The second kappa shape index (κ2) is 6.79. The van der Waals surface area contributed by atoms with Crippen LogP contribution in [-0.2, 0) is 11.0 Å². The zero-order chi connectivity index (χ0) is 17.2. The van der Waals surface area contributed by atoms with Crippen LogP contribution < -0.4 is 11.2 Å². The molecular weight excluding hydrogens is 399 g/mol. The number of benzene rings is 1. The number of alkyl halides is 3. The Kier molecular flexibility index (Phi) is 5.19. The summed E-state index contributed by atoms with van der Waals surface area (Å²) in [7, 11) is 0. The average molecular weight is 410 g/mol. The molecule has 6 nitrogen and oxygen atoms in total. The molecule has 0 radical (unpaired) electrons. The van der Waals surface area contributed by atoms with Gasteiger partial charge in [0.25, 0.3) is 5.82 Å². The lowest BCUT2D eigenvalue weighted by atomic mass is 10.3. The summed E-state index contributed by atoms with van der Waals surface area (Å²) in [5, 5.41) is 8.10. The van der Waals surface area contributed by atoms with Crippen LogP contribution in [0.2, 0.25) is 0 Å². The van der Waals surface area contributed by atoms with Gasteiger partial charge in [0.2, 0.25) is 11.1 Å². The Morgan fingerprint density at radius 2 is 1.96 bits per heavy atom. The predicted molar refractivity (Wildman–Crippen MR) is 83.3 cm³/mol. The number of rotatable bonds is 4. The molecule has 1 aromatic carbocycles. The largest absolute Gasteiger partial charge is 0.453 e. The molecule has 1 amide bonds. The minimum atomic E-state index is -4.70. The monoisotopic (exact) mass is 409 g/mol. The second-order valence-electron chi connectivity index (χ2n) is 4.43. The first-order valence-corrected chi connectivity index (χ1v) is 7.86. The fourth-order valence-electron chi connectivity index (χ4n) is 1.54. The van der Waals surface area contributed by atoms with Crippen molar-refractivity contribution in [3.63, 3.8) is 0 Å². The Balaban J connectivity index is 2.04. The van der Waals surface area contributed by atoms with Gasteiger partial charge in [-0.1, -0.05) is 27.7 Å². The van der Waals surface area contributed by atoms with Crippen molar-refractivity contribution >= 4 is 39.3 Å². The van der Waals surface area contributed by atoms with Gasteiger partial charge in [-0.25, -0.2) is 4.68 Å². The number of nitrogens with zero attached hydrogens (tertiary/aromatic N) is 3. The van der Waals surface area contributed by atoms with Crippen LogP contribution in [0.3, 0.4) is 0 Å². The van der Waals surface area contributed by atoms with E-state index in [0.717, 1.165) is 16.2 Å². The number of halogens is 4. The first-order chi connectivity index (χ1) is 10.7. The molecule has 0 spiro atoms. The van der Waals surface area contributed by atoms with E-state index in [1.54, 1.807) is 24.3 Å². The number of carbonyl (C=O) groups excluding carboxylic acids is 1. The zero-order valence-electron chi connectivity index (χ0n) is 11.6. The van der Waals surface area contributed by atoms with Crippen LogP contribution in [0.4, 0.5) is 18.9 Å². The molecule has 0 aliphatic carbocycles. The highest BCUT2D eigenvalue weighted by Crippen LogP contribution is 2.30. The molecule has 3 N–H and O–H groups in total. The van der Waals surface area contributed by atoms with Crippen LogP contribution >= 0.6 is 27.7 Å². The lowest BCUT2D eigenvalue weighted by Crippen LogP contribution is -2.25. The molecule has 11 heteroatoms. The molecule has 0 fully saturated rings. The first kappa shape index (κ1) is 17.6. The summed E-state index contributed by atoms with van der Waals surface area (Å²) in [4.78, 5) is 12.1. The van der Waals surface area contributed by atoms with Gasteiger partial charge in [0.15, 0.2) is 0 Å². The van der Waals surface area contributed by atoms with E-state index in [-0.39, 0.29) is 5.16 Å². The minimum Gasteiger partial charge on any atom is -0.335 e. The summed E-state index contributed by atoms with van der Waals surface area (Å²) in [5.41, 5.74) is 0.566. The molecule has 1 unspecified atom stereocenters. The maximum atomic E-state index is 12.6. The van der Waals surface area contributed by atoms with Crippen molar-refractivity contribution in [1.82, 2.24) is 14.9 Å². The molecule has 0 saturated heterocycles. The van der Waals surface area contributed by atoms with Crippen LogP contribution in [0.15, 0.2) is 33.9 Å². The lowest BCUT2D eigenvalue weighted by molar-refractivity contribution is -0.146. The van der Waals surface area contributed by atoms with Crippen LogP contribution in [0.25, 0.3) is 0 Å². The highest BCUT2D eigenvalue weighted by Gasteiger charge is 2.38. The number of nitrogens with two attached hydrogens (primary N) is 1. The number of aromatic nitrogens is 3. The second-order valence-corrected chi connectivity index (χ2v) is 6.65. The Morgan fingerprint density at radius 1 is 1.35 bits per heavy atom. The van der Waals surface area contributed by atoms with Gasteiger partial charge in [0.1, 0.15) is 0 Å². The summed E-state index contributed by atoms with van der Waals surface area (Å²) < 4.78 is 38.9. The molecule has 0 bridgehead atoms. The summed E-state index contributed by atoms with van der Waals surface area (Å²) in [6, 6.07) is 6.87. The van der Waals surface area contributed by atoms with Gasteiger partial charge in [-0.05, 0) is 31.2 Å². The van der Waals surface area contributed by atoms with Gasteiger partial charge in [-0.3, -0.25) is 4.79 Å². The van der Waals surface area contributed by atoms with Crippen LogP contribution in [0.1, 0.15) is 12.7 Å². The van der Waals surface area contributed by atoms with Crippen molar-refractivity contribution in [3.05, 3.63) is 34.6 Å². The van der Waals surface area contributed by atoms with Crippen molar-refractivity contribution < 1.29 is 18.0 Å². The first-order valence-electron chi connectivity index (χ1n) is 6.19. The fraction of sp³-hybridized carbons (Fsp3) is 0.250. The molecule has 23 heavy (non-hydrogen) atoms. The van der Waals surface area contributed by atoms with E-state index in [0.29, 0.717) is 10.4 Å². The molecule has 2 rings (SSSR count). The molecule has 124 valence electrons. The number of carbonyl (C=O) groups is 1. The molecule has 1 heterocycles. The SMILES string of the molecule is CC(Sc1nnc(C(F)(F)F)n1N)C(=O)Nc1ccc(Br)cc1. The van der Waals surface area contributed by atoms with Gasteiger partial charge in [0, 0.05) is 10.2 Å². The summed E-state index contributed by atoms with van der Waals surface area (Å²) in [6.45, 7) is 1.53. The van der Waals surface area contributed by atoms with Crippen LogP contribution in [0, 0.1) is 0 Å². The number of nitrogens with one attached hydrogen (secondary N) is 1. The van der Waals surface area contributed by atoms with Crippen molar-refractivity contribution in [1.29, 1.82) is 0 Å². The van der Waals surface area contributed by atoms with Gasteiger partial charge >= 0.3 is 6.18 Å². The maximum Gasteiger partial charge on any atom is 0.453 e. The third-order valence-electron chi connectivity index (χ3n) is 2.68. The maximum absolute atomic E-state index is 12.6. The van der Waals surface area contributed by atoms with E-state index in [1.165, 1.54) is 6.92 Å². The Hall–Kier alpha value is -1.75. The Morgan fingerprint density at radius 3 is 2.48 bits per heavy atom. The van der Waals surface area contributed by atoms with E-state index in [1.807, 2.05) is 0 Å². The number of anilines is 1. The van der Waals surface area contributed by atoms with E-state index in [2.05, 4.69) is 31.4 Å². The zero-order valence-corrected chi connectivity index (χ0v) is 14.0. The molecule has 0 aliphatic heterocycles. The third kappa shape index (κ3) is 4.38. The standard InChI is InChI=1S/C12H11BrF3N5OS/c1-6(9(22)18-8-4-2-7(13)3-5-8)23-11-20-19-10(21(11)17)12(14,15)16/h2-6H,17H2,1H3,(H,18,22). The summed E-state index contributed by atoms with van der Waals surface area (Å²) >= 11 is 4.05. The summed E-state index contributed by atoms with van der Waals surface area (Å²) in [6.07, 6.45) is -4.70. The number of hydrogen-bond donors (Lipinski definition) is 2. The normalized spacial score (nSPS) is 12.9. The van der Waals surface area contributed by atoms with E-state index in [4.69, 9.17) is 5.84 Å². The van der Waals surface area contributed by atoms with Crippen molar-refractivity contribution in [3.8, 4) is 0 Å². The number of nitrogen functional groups attached to an aromatic ring is 1. The lowest BCUT2D eigenvalue weighted by Gasteiger charge is -2.12. The molecule has 1 aromatic heterocycles. The van der Waals surface area contributed by atoms with Gasteiger partial charge in [-0.15, -0.1) is 10.2 Å². The van der Waals surface area contributed by atoms with E-state index in [9.17, 15) is 18.0 Å². The quantitative estimate of drug-likeness (QED) is 0.598. The fourth-order valence-corrected chi connectivity index (χ4v) is 2.57. The Bertz CT molecular complexity index is 704. The highest BCUT2D eigenvalue weighted by atomic mass is 79.9. The van der Waals surface area contributed by atoms with Crippen molar-refractivity contribution in [2.24, 2.45) is 0 Å². The van der Waals surface area contributed by atoms with Gasteiger partial charge in [0.05, 0.1) is 5.25 Å². The van der Waals surface area contributed by atoms with Crippen LogP contribution in [0.5, 0.6) is 0 Å². The van der Waals surface area contributed by atoms with Crippen molar-refractivity contribution in [2.75, 3.05) is 11.2 Å². The minimum absolute atomic E-state index is 0.198. The molecule has 0 saturated carbocycles. The molecule has 1 atom stereocenters. The number of hydrogen-bond acceptors (Lipinski definition) is 5. The number of amides is 1. The van der Waals surface area contributed by atoms with Crippen LogP contribution in [-0.4, -0.2) is 26.0 Å². The molecule has 2 aromatic rings. The Labute approximate surface area is 141 Å². The van der Waals surface area contributed by atoms with Gasteiger partial charge in [-0.2, -0.15) is 13.2 Å². The predicted octanol–water partition coefficient (Wildman–Crippen LogP) is 2.89. The van der Waals surface area contributed by atoms with Crippen molar-refractivity contribution in [2.45, 2.75) is 23.5 Å². The smallest absolute Gasteiger partial charge is 0.335 e. The number of thioether (sulfide) groups is 1. The highest BCUT2D eigenvalue weighted by molar-refractivity contribution is 9.10. The van der Waals surface area contributed by atoms with E-state index < -0.39 is 23.2 Å². The summed E-state index contributed by atoms with van der Waals surface area (Å²) in [5.74, 6) is 3.61. The van der Waals surface area contributed by atoms with E-state index >= 15 is 0 Å². The molecular formula is C12H11BrF3N5OS.